The second-order valence-corrected chi connectivity index (χ2v) is 6.16. The molecular formula is C20H21NO2. The lowest BCUT2D eigenvalue weighted by Crippen LogP contribution is -2.44. The van der Waals surface area contributed by atoms with Gasteiger partial charge in [0.2, 0.25) is 0 Å². The lowest BCUT2D eigenvalue weighted by atomic mass is 9.99. The molecule has 0 saturated carbocycles. The van der Waals surface area contributed by atoms with Crippen LogP contribution in [0.15, 0.2) is 73.3 Å². The smallest absolute Gasteiger partial charge is 0.256 e. The molecule has 0 radical (unpaired) electrons. The summed E-state index contributed by atoms with van der Waals surface area (Å²) in [6, 6.07) is 19.1. The molecule has 3 nitrogen and oxygen atoms in total. The van der Waals surface area contributed by atoms with Crippen LogP contribution in [0.4, 0.5) is 0 Å². The monoisotopic (exact) mass is 307 g/mol. The summed E-state index contributed by atoms with van der Waals surface area (Å²) in [6.07, 6.45) is 1.54. The predicted molar refractivity (Wildman–Crippen MR) is 90.9 cm³/mol. The summed E-state index contributed by atoms with van der Waals surface area (Å²) in [5.74, 6) is -0.0335. The summed E-state index contributed by atoms with van der Waals surface area (Å²) in [7, 11) is 0. The second-order valence-electron chi connectivity index (χ2n) is 6.16. The Morgan fingerprint density at radius 1 is 1.09 bits per heavy atom. The molecule has 0 spiro atoms. The number of carbonyl (C=O) groups excluding carboxylic acids is 1. The summed E-state index contributed by atoms with van der Waals surface area (Å²) in [5, 5.41) is 0. The van der Waals surface area contributed by atoms with Gasteiger partial charge in [-0.25, -0.2) is 0 Å². The van der Waals surface area contributed by atoms with Gasteiger partial charge in [-0.2, -0.15) is 0 Å². The van der Waals surface area contributed by atoms with E-state index in [-0.39, 0.29) is 18.1 Å². The number of ether oxygens (including phenoxy) is 1. The van der Waals surface area contributed by atoms with Crippen molar-refractivity contribution in [1.82, 2.24) is 4.90 Å². The van der Waals surface area contributed by atoms with E-state index in [4.69, 9.17) is 4.74 Å². The van der Waals surface area contributed by atoms with Crippen molar-refractivity contribution in [3.05, 3.63) is 84.4 Å². The largest absolute Gasteiger partial charge is 0.346 e. The number of nitrogens with zero attached hydrogens (tertiary/aromatic N) is 1. The highest BCUT2D eigenvalue weighted by Crippen LogP contribution is 2.42. The maximum absolute atomic E-state index is 13.1. The van der Waals surface area contributed by atoms with Crippen LogP contribution in [0.25, 0.3) is 0 Å². The van der Waals surface area contributed by atoms with E-state index in [2.05, 4.69) is 6.58 Å². The molecule has 2 aromatic carbocycles. The van der Waals surface area contributed by atoms with Gasteiger partial charge in [0.1, 0.15) is 11.8 Å². The maximum Gasteiger partial charge on any atom is 0.256 e. The van der Waals surface area contributed by atoms with Crippen LogP contribution in [0.1, 0.15) is 35.8 Å². The highest BCUT2D eigenvalue weighted by atomic mass is 16.5. The van der Waals surface area contributed by atoms with E-state index in [9.17, 15) is 4.79 Å². The van der Waals surface area contributed by atoms with Gasteiger partial charge in [0.15, 0.2) is 0 Å². The zero-order valence-corrected chi connectivity index (χ0v) is 13.5. The molecule has 1 amide bonds. The molecular weight excluding hydrogens is 286 g/mol. The minimum atomic E-state index is -0.702. The van der Waals surface area contributed by atoms with Crippen molar-refractivity contribution >= 4 is 5.91 Å². The zero-order valence-electron chi connectivity index (χ0n) is 13.5. The lowest BCUT2D eigenvalue weighted by Gasteiger charge is -2.34. The Kier molecular flexibility index (Phi) is 4.05. The van der Waals surface area contributed by atoms with E-state index in [1.165, 1.54) is 0 Å². The van der Waals surface area contributed by atoms with E-state index in [0.717, 1.165) is 5.56 Å². The Bertz CT molecular complexity index is 694. The molecule has 2 atom stereocenters. The van der Waals surface area contributed by atoms with Gasteiger partial charge in [-0.3, -0.25) is 4.79 Å². The molecule has 1 heterocycles. The summed E-state index contributed by atoms with van der Waals surface area (Å²) in [5.41, 5.74) is 1.01. The first-order chi connectivity index (χ1) is 11.0. The Morgan fingerprint density at radius 3 is 2.22 bits per heavy atom. The minimum absolute atomic E-state index is 0.0335. The van der Waals surface area contributed by atoms with Gasteiger partial charge in [-0.1, -0.05) is 54.6 Å². The lowest BCUT2D eigenvalue weighted by molar-refractivity contribution is -0.0540. The Hall–Kier alpha value is -2.39. The standard InChI is InChI=1S/C20H21NO2/c1-4-17-18(15-11-7-5-8-12-15)21(20(2,3)23-17)19(22)16-13-9-6-10-14-16/h4-14,17-18H,1H2,2-3H3/t17-,18-/m0/s1. The van der Waals surface area contributed by atoms with Gasteiger partial charge in [0.25, 0.3) is 5.91 Å². The fraction of sp³-hybridized carbons (Fsp3) is 0.250. The number of benzene rings is 2. The van der Waals surface area contributed by atoms with Crippen LogP contribution in [-0.2, 0) is 4.74 Å². The van der Waals surface area contributed by atoms with Gasteiger partial charge < -0.3 is 9.64 Å². The number of amides is 1. The highest BCUT2D eigenvalue weighted by Gasteiger charge is 2.49. The van der Waals surface area contributed by atoms with Gasteiger partial charge >= 0.3 is 0 Å². The number of carbonyl (C=O) groups is 1. The van der Waals surface area contributed by atoms with Gasteiger partial charge in [0.05, 0.1) is 6.04 Å². The fourth-order valence-corrected chi connectivity index (χ4v) is 3.19. The molecule has 1 fully saturated rings. The fourth-order valence-electron chi connectivity index (χ4n) is 3.19. The Labute approximate surface area is 137 Å². The van der Waals surface area contributed by atoms with Gasteiger partial charge in [-0.15, -0.1) is 6.58 Å². The second kappa shape index (κ2) is 6.01. The molecule has 0 aromatic heterocycles. The van der Waals surface area contributed by atoms with Crippen molar-refractivity contribution < 1.29 is 9.53 Å². The quantitative estimate of drug-likeness (QED) is 0.796. The van der Waals surface area contributed by atoms with Crippen LogP contribution in [0, 0.1) is 0 Å². The maximum atomic E-state index is 13.1. The van der Waals surface area contributed by atoms with Crippen molar-refractivity contribution in [1.29, 1.82) is 0 Å². The van der Waals surface area contributed by atoms with Crippen molar-refractivity contribution in [2.24, 2.45) is 0 Å². The third-order valence-electron chi connectivity index (χ3n) is 4.21. The molecule has 1 aliphatic rings. The molecule has 3 heteroatoms. The van der Waals surface area contributed by atoms with E-state index >= 15 is 0 Å². The molecule has 118 valence electrons. The average molecular weight is 307 g/mol. The molecule has 0 aliphatic carbocycles. The molecule has 2 aromatic rings. The first-order valence-corrected chi connectivity index (χ1v) is 7.78. The Morgan fingerprint density at radius 2 is 1.65 bits per heavy atom. The number of hydrogen-bond acceptors (Lipinski definition) is 2. The third kappa shape index (κ3) is 2.80. The van der Waals surface area contributed by atoms with Crippen LogP contribution >= 0.6 is 0 Å². The van der Waals surface area contributed by atoms with Crippen LogP contribution in [0.5, 0.6) is 0 Å². The van der Waals surface area contributed by atoms with Crippen molar-refractivity contribution in [3.63, 3.8) is 0 Å². The first kappa shape index (κ1) is 15.5. The molecule has 1 saturated heterocycles. The molecule has 1 aliphatic heterocycles. The minimum Gasteiger partial charge on any atom is -0.346 e. The predicted octanol–water partition coefficient (Wildman–Crippen LogP) is 4.19. The van der Waals surface area contributed by atoms with Crippen molar-refractivity contribution in [2.45, 2.75) is 31.7 Å². The molecule has 0 unspecified atom stereocenters. The highest BCUT2D eigenvalue weighted by molar-refractivity contribution is 5.95. The molecule has 23 heavy (non-hydrogen) atoms. The van der Waals surface area contributed by atoms with Crippen LogP contribution in [-0.4, -0.2) is 22.6 Å². The summed E-state index contributed by atoms with van der Waals surface area (Å²) < 4.78 is 6.11. The first-order valence-electron chi connectivity index (χ1n) is 7.78. The summed E-state index contributed by atoms with van der Waals surface area (Å²) in [6.45, 7) is 7.74. The SMILES string of the molecule is C=C[C@@H]1OC(C)(C)N(C(=O)c2ccccc2)[C@H]1c1ccccc1. The molecule has 3 rings (SSSR count). The van der Waals surface area contributed by atoms with E-state index < -0.39 is 5.72 Å². The number of rotatable bonds is 3. The average Bonchev–Trinajstić information content (AvgIpc) is 2.86. The molecule has 0 bridgehead atoms. The number of hydrogen-bond donors (Lipinski definition) is 0. The van der Waals surface area contributed by atoms with E-state index in [0.29, 0.717) is 5.56 Å². The van der Waals surface area contributed by atoms with Crippen molar-refractivity contribution in [3.8, 4) is 0 Å². The van der Waals surface area contributed by atoms with Gasteiger partial charge in [-0.05, 0) is 31.5 Å². The molecule has 0 N–H and O–H groups in total. The van der Waals surface area contributed by atoms with Gasteiger partial charge in [0, 0.05) is 5.56 Å². The van der Waals surface area contributed by atoms with E-state index in [1.54, 1.807) is 6.08 Å². The third-order valence-corrected chi connectivity index (χ3v) is 4.21. The van der Waals surface area contributed by atoms with Crippen molar-refractivity contribution in [2.75, 3.05) is 0 Å². The Balaban J connectivity index is 2.06. The summed E-state index contributed by atoms with van der Waals surface area (Å²) in [4.78, 5) is 14.9. The zero-order chi connectivity index (χ0) is 16.4. The van der Waals surface area contributed by atoms with Crippen LogP contribution in [0.2, 0.25) is 0 Å². The summed E-state index contributed by atoms with van der Waals surface area (Å²) >= 11 is 0. The van der Waals surface area contributed by atoms with Crippen LogP contribution in [0.3, 0.4) is 0 Å². The topological polar surface area (TPSA) is 29.5 Å². The normalized spacial score (nSPS) is 22.8. The van der Waals surface area contributed by atoms with Crippen LogP contribution < -0.4 is 0 Å². The van der Waals surface area contributed by atoms with E-state index in [1.807, 2.05) is 79.4 Å².